The van der Waals surface area contributed by atoms with Crippen molar-refractivity contribution in [3.8, 4) is 23.1 Å². The first kappa shape index (κ1) is 24.3. The highest BCUT2D eigenvalue weighted by atomic mass is 19.1. The Morgan fingerprint density at radius 3 is 2.78 bits per heavy atom. The van der Waals surface area contributed by atoms with Crippen molar-refractivity contribution in [2.75, 3.05) is 38.2 Å². The molecule has 2 aliphatic heterocycles. The lowest BCUT2D eigenvalue weighted by Gasteiger charge is -2.53. The second kappa shape index (κ2) is 9.91. The standard InChI is InChI=1S/C30H33FN4O/c1-4-22-18-35(28-13-10-23(31)16-21(28)17-32)15-14-30(22)20-34(3)19-27-25(30)11-12-26(33-27)24-8-6-7-9-29(24)36-5-2/h6-13,16,22H,4-5,14-15,18-20H2,1-3H3. The van der Waals surface area contributed by atoms with E-state index in [2.05, 4.69) is 48.0 Å². The molecular weight excluding hydrogens is 451 g/mol. The van der Waals surface area contributed by atoms with Crippen molar-refractivity contribution in [3.05, 3.63) is 77.2 Å². The van der Waals surface area contributed by atoms with Gasteiger partial charge in [-0.1, -0.05) is 31.5 Å². The first-order chi connectivity index (χ1) is 17.5. The fourth-order valence-electron chi connectivity index (χ4n) is 6.31. The number of para-hydroxylation sites is 1. The zero-order chi connectivity index (χ0) is 25.3. The zero-order valence-electron chi connectivity index (χ0n) is 21.3. The third-order valence-corrected chi connectivity index (χ3v) is 7.91. The van der Waals surface area contributed by atoms with Gasteiger partial charge in [0.1, 0.15) is 17.6 Å². The maximum atomic E-state index is 13.8. The lowest BCUT2D eigenvalue weighted by Crippen LogP contribution is -2.57. The van der Waals surface area contributed by atoms with Crippen LogP contribution in [0.5, 0.6) is 5.75 Å². The Morgan fingerprint density at radius 2 is 2.00 bits per heavy atom. The van der Waals surface area contributed by atoms with Crippen LogP contribution < -0.4 is 9.64 Å². The van der Waals surface area contributed by atoms with Gasteiger partial charge in [0.25, 0.3) is 0 Å². The van der Waals surface area contributed by atoms with Crippen molar-refractivity contribution < 1.29 is 9.13 Å². The fraction of sp³-hybridized carbons (Fsp3) is 0.400. The molecule has 3 heterocycles. The van der Waals surface area contributed by atoms with Crippen molar-refractivity contribution in [1.82, 2.24) is 9.88 Å². The molecule has 0 radical (unpaired) electrons. The van der Waals surface area contributed by atoms with E-state index >= 15 is 0 Å². The van der Waals surface area contributed by atoms with E-state index in [9.17, 15) is 9.65 Å². The van der Waals surface area contributed by atoms with E-state index < -0.39 is 0 Å². The minimum Gasteiger partial charge on any atom is -0.493 e. The highest BCUT2D eigenvalue weighted by Gasteiger charge is 2.48. The smallest absolute Gasteiger partial charge is 0.128 e. The van der Waals surface area contributed by atoms with Gasteiger partial charge >= 0.3 is 0 Å². The molecule has 186 valence electrons. The number of anilines is 1. The van der Waals surface area contributed by atoms with Crippen molar-refractivity contribution in [3.63, 3.8) is 0 Å². The van der Waals surface area contributed by atoms with Gasteiger partial charge in [0.2, 0.25) is 0 Å². The summed E-state index contributed by atoms with van der Waals surface area (Å²) in [5.41, 5.74) is 5.68. The lowest BCUT2D eigenvalue weighted by molar-refractivity contribution is 0.121. The predicted octanol–water partition coefficient (Wildman–Crippen LogP) is 5.78. The quantitative estimate of drug-likeness (QED) is 0.460. The SMILES string of the molecule is CCOc1ccccc1-c1ccc2c(n1)CN(C)CC21CCN(c2ccc(F)cc2C#N)CC1CC. The summed E-state index contributed by atoms with van der Waals surface area (Å²) in [6, 6.07) is 19.3. The lowest BCUT2D eigenvalue weighted by atomic mass is 9.62. The summed E-state index contributed by atoms with van der Waals surface area (Å²) < 4.78 is 19.7. The van der Waals surface area contributed by atoms with Crippen LogP contribution in [0.2, 0.25) is 0 Å². The van der Waals surface area contributed by atoms with E-state index in [0.717, 1.165) is 67.4 Å². The molecule has 2 unspecified atom stereocenters. The summed E-state index contributed by atoms with van der Waals surface area (Å²) in [6.45, 7) is 8.32. The molecule has 0 amide bonds. The molecule has 2 atom stereocenters. The number of aromatic nitrogens is 1. The summed E-state index contributed by atoms with van der Waals surface area (Å²) in [6.07, 6.45) is 1.98. The van der Waals surface area contributed by atoms with Gasteiger partial charge in [0.15, 0.2) is 0 Å². The largest absolute Gasteiger partial charge is 0.493 e. The van der Waals surface area contributed by atoms with Crippen LogP contribution in [-0.4, -0.2) is 43.2 Å². The van der Waals surface area contributed by atoms with Gasteiger partial charge < -0.3 is 9.64 Å². The van der Waals surface area contributed by atoms with E-state index in [1.807, 2.05) is 25.1 Å². The van der Waals surface area contributed by atoms with Crippen molar-refractivity contribution in [2.45, 2.75) is 38.6 Å². The Hall–Kier alpha value is -3.43. The minimum absolute atomic E-state index is 0.00855. The summed E-state index contributed by atoms with van der Waals surface area (Å²) in [5, 5.41) is 9.61. The number of halogens is 1. The fourth-order valence-corrected chi connectivity index (χ4v) is 6.31. The number of likely N-dealkylation sites (N-methyl/N-ethyl adjacent to an activating group) is 1. The number of piperidine rings is 1. The van der Waals surface area contributed by atoms with Crippen LogP contribution in [0.4, 0.5) is 10.1 Å². The third kappa shape index (κ3) is 4.22. The number of pyridine rings is 1. The highest BCUT2D eigenvalue weighted by Crippen LogP contribution is 2.47. The number of hydrogen-bond donors (Lipinski definition) is 0. The van der Waals surface area contributed by atoms with Crippen molar-refractivity contribution >= 4 is 5.69 Å². The molecule has 0 aliphatic carbocycles. The molecule has 3 aromatic rings. The Morgan fingerprint density at radius 1 is 1.17 bits per heavy atom. The van der Waals surface area contributed by atoms with E-state index in [0.29, 0.717) is 18.1 Å². The maximum absolute atomic E-state index is 13.8. The van der Waals surface area contributed by atoms with Gasteiger partial charge in [-0.05, 0) is 68.3 Å². The second-order valence-corrected chi connectivity index (χ2v) is 10.0. The normalized spacial score (nSPS) is 21.8. The van der Waals surface area contributed by atoms with Gasteiger partial charge in [0, 0.05) is 37.2 Å². The molecule has 1 saturated heterocycles. The molecule has 0 N–H and O–H groups in total. The van der Waals surface area contributed by atoms with Crippen LogP contribution in [0.15, 0.2) is 54.6 Å². The number of nitriles is 1. The van der Waals surface area contributed by atoms with E-state index in [4.69, 9.17) is 9.72 Å². The molecule has 0 saturated carbocycles. The van der Waals surface area contributed by atoms with Crippen molar-refractivity contribution in [1.29, 1.82) is 5.26 Å². The van der Waals surface area contributed by atoms with Gasteiger partial charge in [-0.15, -0.1) is 0 Å². The Balaban J connectivity index is 1.51. The number of rotatable bonds is 5. The molecule has 1 aromatic heterocycles. The average Bonchev–Trinajstić information content (AvgIpc) is 2.89. The number of benzene rings is 2. The van der Waals surface area contributed by atoms with E-state index in [-0.39, 0.29) is 11.2 Å². The molecule has 5 nitrogen and oxygen atoms in total. The van der Waals surface area contributed by atoms with Gasteiger partial charge in [-0.25, -0.2) is 4.39 Å². The molecule has 5 rings (SSSR count). The molecule has 1 fully saturated rings. The van der Waals surface area contributed by atoms with Crippen LogP contribution in [0.1, 0.15) is 43.5 Å². The topological polar surface area (TPSA) is 52.4 Å². The summed E-state index contributed by atoms with van der Waals surface area (Å²) in [5.74, 6) is 0.873. The van der Waals surface area contributed by atoms with Gasteiger partial charge in [-0.3, -0.25) is 9.88 Å². The van der Waals surface area contributed by atoms with E-state index in [1.54, 1.807) is 6.07 Å². The molecule has 2 aromatic carbocycles. The highest BCUT2D eigenvalue weighted by molar-refractivity contribution is 5.68. The predicted molar refractivity (Wildman–Crippen MR) is 141 cm³/mol. The zero-order valence-corrected chi connectivity index (χ0v) is 21.3. The van der Waals surface area contributed by atoms with Crippen LogP contribution in [0.3, 0.4) is 0 Å². The Labute approximate surface area is 213 Å². The van der Waals surface area contributed by atoms with Crippen LogP contribution >= 0.6 is 0 Å². The monoisotopic (exact) mass is 484 g/mol. The number of fused-ring (bicyclic) bond motifs is 2. The average molecular weight is 485 g/mol. The maximum Gasteiger partial charge on any atom is 0.128 e. The Bertz CT molecular complexity index is 1300. The van der Waals surface area contributed by atoms with Gasteiger partial charge in [0.05, 0.1) is 29.2 Å². The van der Waals surface area contributed by atoms with Crippen LogP contribution in [0, 0.1) is 23.1 Å². The molecule has 1 spiro atoms. The molecular formula is C30H33FN4O. The molecule has 36 heavy (non-hydrogen) atoms. The Kier molecular flexibility index (Phi) is 6.68. The van der Waals surface area contributed by atoms with E-state index in [1.165, 1.54) is 17.7 Å². The first-order valence-electron chi connectivity index (χ1n) is 12.8. The number of nitrogens with zero attached hydrogens (tertiary/aromatic N) is 4. The summed E-state index contributed by atoms with van der Waals surface area (Å²) in [4.78, 5) is 9.85. The van der Waals surface area contributed by atoms with Crippen molar-refractivity contribution in [2.24, 2.45) is 5.92 Å². The minimum atomic E-state index is -0.369. The molecule has 6 heteroatoms. The summed E-state index contributed by atoms with van der Waals surface area (Å²) >= 11 is 0. The molecule has 2 aliphatic rings. The summed E-state index contributed by atoms with van der Waals surface area (Å²) in [7, 11) is 2.18. The van der Waals surface area contributed by atoms with Gasteiger partial charge in [-0.2, -0.15) is 5.26 Å². The first-order valence-corrected chi connectivity index (χ1v) is 12.8. The number of hydrogen-bond acceptors (Lipinski definition) is 5. The second-order valence-electron chi connectivity index (χ2n) is 10.0. The molecule has 0 bridgehead atoms. The van der Waals surface area contributed by atoms with Crippen LogP contribution in [0.25, 0.3) is 11.3 Å². The van der Waals surface area contributed by atoms with Crippen LogP contribution in [-0.2, 0) is 12.0 Å². The number of ether oxygens (including phenoxy) is 1. The third-order valence-electron chi connectivity index (χ3n) is 7.91.